The zero-order chi connectivity index (χ0) is 19.9. The van der Waals surface area contributed by atoms with Crippen LogP contribution in [0.3, 0.4) is 0 Å². The third-order valence-electron chi connectivity index (χ3n) is 4.88. The molecular weight excluding hydrogens is 400 g/mol. The number of carbonyl (C=O) groups excluding carboxylic acids is 1. The summed E-state index contributed by atoms with van der Waals surface area (Å²) in [5.41, 5.74) is 0.799. The Labute approximate surface area is 175 Å². The van der Waals surface area contributed by atoms with E-state index in [0.717, 1.165) is 50.2 Å². The van der Waals surface area contributed by atoms with Crippen LogP contribution in [0, 0.1) is 11.6 Å². The number of aromatic nitrogens is 1. The largest absolute Gasteiger partial charge is 0.481 e. The zero-order valence-corrected chi connectivity index (χ0v) is 17.1. The van der Waals surface area contributed by atoms with Gasteiger partial charge in [-0.1, -0.05) is 6.07 Å². The Bertz CT molecular complexity index is 787. The summed E-state index contributed by atoms with van der Waals surface area (Å²) in [7, 11) is 0. The first kappa shape index (κ1) is 23.0. The van der Waals surface area contributed by atoms with E-state index in [-0.39, 0.29) is 30.1 Å². The molecule has 8 heteroatoms. The van der Waals surface area contributed by atoms with Crippen LogP contribution in [0.2, 0.25) is 0 Å². The van der Waals surface area contributed by atoms with Crippen molar-refractivity contribution in [1.82, 2.24) is 15.2 Å². The first-order valence-corrected chi connectivity index (χ1v) is 9.57. The minimum Gasteiger partial charge on any atom is -0.481 e. The molecule has 29 heavy (non-hydrogen) atoms. The smallest absolute Gasteiger partial charge is 0.263 e. The third kappa shape index (κ3) is 6.37. The van der Waals surface area contributed by atoms with E-state index in [1.165, 1.54) is 6.07 Å². The van der Waals surface area contributed by atoms with Crippen molar-refractivity contribution in [2.24, 2.45) is 0 Å². The molecule has 5 nitrogen and oxygen atoms in total. The lowest BCUT2D eigenvalue weighted by molar-refractivity contribution is -0.141. The highest BCUT2D eigenvalue weighted by molar-refractivity contribution is 5.85. The SMILES string of the molecule is CC(Oc1ccc(F)c(F)c1)C(=O)N(Cc1ccccn1)C1CCCNCC1.Cl. The molecule has 1 fully saturated rings. The molecule has 1 aromatic heterocycles. The van der Waals surface area contributed by atoms with Gasteiger partial charge in [-0.3, -0.25) is 9.78 Å². The monoisotopic (exact) mass is 425 g/mol. The molecule has 2 aromatic rings. The van der Waals surface area contributed by atoms with Gasteiger partial charge < -0.3 is 15.0 Å². The second-order valence-electron chi connectivity index (χ2n) is 6.96. The number of hydrogen-bond donors (Lipinski definition) is 1. The van der Waals surface area contributed by atoms with E-state index in [1.54, 1.807) is 18.0 Å². The van der Waals surface area contributed by atoms with Crippen molar-refractivity contribution in [2.75, 3.05) is 13.1 Å². The molecule has 0 aliphatic carbocycles. The molecule has 1 aliphatic rings. The Morgan fingerprint density at radius 2 is 2.07 bits per heavy atom. The molecule has 0 spiro atoms. The first-order chi connectivity index (χ1) is 13.5. The van der Waals surface area contributed by atoms with Gasteiger partial charge in [0.15, 0.2) is 17.7 Å². The van der Waals surface area contributed by atoms with Crippen LogP contribution >= 0.6 is 12.4 Å². The van der Waals surface area contributed by atoms with Crippen LogP contribution in [0.1, 0.15) is 31.9 Å². The van der Waals surface area contributed by atoms with Crippen molar-refractivity contribution in [1.29, 1.82) is 0 Å². The average Bonchev–Trinajstić information content (AvgIpc) is 2.98. The molecule has 0 saturated carbocycles. The number of amides is 1. The summed E-state index contributed by atoms with van der Waals surface area (Å²) in [6.07, 6.45) is 3.59. The van der Waals surface area contributed by atoms with E-state index in [1.807, 2.05) is 18.2 Å². The van der Waals surface area contributed by atoms with Gasteiger partial charge in [-0.15, -0.1) is 12.4 Å². The number of rotatable bonds is 6. The van der Waals surface area contributed by atoms with E-state index in [4.69, 9.17) is 4.74 Å². The van der Waals surface area contributed by atoms with Crippen LogP contribution in [-0.4, -0.2) is 41.0 Å². The van der Waals surface area contributed by atoms with Crippen LogP contribution in [0.15, 0.2) is 42.6 Å². The van der Waals surface area contributed by atoms with Crippen molar-refractivity contribution < 1.29 is 18.3 Å². The van der Waals surface area contributed by atoms with Gasteiger partial charge in [0, 0.05) is 18.3 Å². The second-order valence-corrected chi connectivity index (χ2v) is 6.96. The Hall–Kier alpha value is -2.25. The maximum Gasteiger partial charge on any atom is 0.263 e. The zero-order valence-electron chi connectivity index (χ0n) is 16.3. The summed E-state index contributed by atoms with van der Waals surface area (Å²) < 4.78 is 32.2. The van der Waals surface area contributed by atoms with Gasteiger partial charge >= 0.3 is 0 Å². The molecule has 0 bridgehead atoms. The average molecular weight is 426 g/mol. The summed E-state index contributed by atoms with van der Waals surface area (Å²) >= 11 is 0. The summed E-state index contributed by atoms with van der Waals surface area (Å²) in [6, 6.07) is 8.95. The quantitative estimate of drug-likeness (QED) is 0.766. The molecule has 1 aliphatic heterocycles. The van der Waals surface area contributed by atoms with Gasteiger partial charge in [0.25, 0.3) is 5.91 Å². The molecule has 2 unspecified atom stereocenters. The fourth-order valence-electron chi connectivity index (χ4n) is 3.40. The minimum absolute atomic E-state index is 0. The predicted molar refractivity (Wildman–Crippen MR) is 109 cm³/mol. The molecule has 1 aromatic carbocycles. The third-order valence-corrected chi connectivity index (χ3v) is 4.88. The number of benzene rings is 1. The fraction of sp³-hybridized carbons (Fsp3) is 0.429. The molecule has 2 atom stereocenters. The number of halogens is 3. The van der Waals surface area contributed by atoms with Crippen LogP contribution in [0.4, 0.5) is 8.78 Å². The van der Waals surface area contributed by atoms with Gasteiger partial charge in [0.1, 0.15) is 5.75 Å². The highest BCUT2D eigenvalue weighted by Gasteiger charge is 2.29. The van der Waals surface area contributed by atoms with Crippen LogP contribution in [-0.2, 0) is 11.3 Å². The lowest BCUT2D eigenvalue weighted by Gasteiger charge is -2.33. The molecular formula is C21H26ClF2N3O2. The molecule has 2 heterocycles. The van der Waals surface area contributed by atoms with Crippen molar-refractivity contribution in [3.05, 3.63) is 59.9 Å². The van der Waals surface area contributed by atoms with E-state index in [9.17, 15) is 13.6 Å². The van der Waals surface area contributed by atoms with Crippen molar-refractivity contribution in [2.45, 2.75) is 44.9 Å². The lowest BCUT2D eigenvalue weighted by atomic mass is 10.1. The normalized spacial score (nSPS) is 17.6. The molecule has 1 saturated heterocycles. The molecule has 0 radical (unpaired) electrons. The highest BCUT2D eigenvalue weighted by atomic mass is 35.5. The predicted octanol–water partition coefficient (Wildman–Crippen LogP) is 3.72. The van der Waals surface area contributed by atoms with Crippen molar-refractivity contribution in [3.63, 3.8) is 0 Å². The number of pyridine rings is 1. The number of hydrogen-bond acceptors (Lipinski definition) is 4. The van der Waals surface area contributed by atoms with Crippen LogP contribution in [0.5, 0.6) is 5.75 Å². The number of nitrogens with zero attached hydrogens (tertiary/aromatic N) is 2. The molecule has 158 valence electrons. The highest BCUT2D eigenvalue weighted by Crippen LogP contribution is 2.21. The van der Waals surface area contributed by atoms with Gasteiger partial charge in [0.2, 0.25) is 0 Å². The summed E-state index contributed by atoms with van der Waals surface area (Å²) in [5, 5.41) is 3.35. The van der Waals surface area contributed by atoms with Gasteiger partial charge in [0.05, 0.1) is 12.2 Å². The van der Waals surface area contributed by atoms with E-state index in [0.29, 0.717) is 6.54 Å². The Morgan fingerprint density at radius 3 is 2.79 bits per heavy atom. The Kier molecular flexibility index (Phi) is 8.79. The lowest BCUT2D eigenvalue weighted by Crippen LogP contribution is -2.46. The summed E-state index contributed by atoms with van der Waals surface area (Å²) in [5.74, 6) is -2.02. The van der Waals surface area contributed by atoms with Crippen molar-refractivity contribution >= 4 is 18.3 Å². The number of carbonyl (C=O) groups is 1. The van der Waals surface area contributed by atoms with Crippen LogP contribution in [0.25, 0.3) is 0 Å². The van der Waals surface area contributed by atoms with Gasteiger partial charge in [-0.2, -0.15) is 0 Å². The second kappa shape index (κ2) is 11.1. The minimum atomic E-state index is -1.00. The van der Waals surface area contributed by atoms with E-state index >= 15 is 0 Å². The molecule has 3 rings (SSSR count). The Balaban J connectivity index is 0.00000300. The van der Waals surface area contributed by atoms with E-state index in [2.05, 4.69) is 10.3 Å². The molecule has 1 amide bonds. The standard InChI is InChI=1S/C21H25F2N3O2.ClH/c1-15(28-18-7-8-19(22)20(23)13-18)21(27)26(14-16-5-2-3-11-25-16)17-6-4-10-24-12-9-17;/h2-3,5,7-8,11,13,15,17,24H,4,6,9-10,12,14H2,1H3;1H. The fourth-order valence-corrected chi connectivity index (χ4v) is 3.40. The maximum atomic E-state index is 13.4. The summed E-state index contributed by atoms with van der Waals surface area (Å²) in [4.78, 5) is 19.3. The molecule has 1 N–H and O–H groups in total. The first-order valence-electron chi connectivity index (χ1n) is 9.57. The van der Waals surface area contributed by atoms with Gasteiger partial charge in [-0.25, -0.2) is 8.78 Å². The van der Waals surface area contributed by atoms with Crippen molar-refractivity contribution in [3.8, 4) is 5.75 Å². The number of ether oxygens (including phenoxy) is 1. The maximum absolute atomic E-state index is 13.4. The topological polar surface area (TPSA) is 54.5 Å². The summed E-state index contributed by atoms with van der Waals surface area (Å²) in [6.45, 7) is 3.79. The van der Waals surface area contributed by atoms with Crippen LogP contribution < -0.4 is 10.1 Å². The Morgan fingerprint density at radius 1 is 1.24 bits per heavy atom. The van der Waals surface area contributed by atoms with Gasteiger partial charge in [-0.05, 0) is 63.5 Å². The number of nitrogens with one attached hydrogen (secondary N) is 1. The van der Waals surface area contributed by atoms with E-state index < -0.39 is 17.7 Å².